The molecule has 29 heavy (non-hydrogen) atoms. The van der Waals surface area contributed by atoms with Gasteiger partial charge in [0.2, 0.25) is 0 Å². The van der Waals surface area contributed by atoms with Crippen LogP contribution in [-0.2, 0) is 11.3 Å². The molecule has 0 bridgehead atoms. The maximum atomic E-state index is 6.02. The molecule has 1 aliphatic rings. The maximum Gasteiger partial charge on any atom is 0.299 e. The summed E-state index contributed by atoms with van der Waals surface area (Å²) in [5.41, 5.74) is 4.07. The zero-order valence-corrected chi connectivity index (χ0v) is 16.3. The Kier molecular flexibility index (Phi) is 4.76. The third kappa shape index (κ3) is 3.75. The molecule has 2 aromatic carbocycles. The zero-order valence-electron chi connectivity index (χ0n) is 15.5. The molecule has 0 amide bonds. The monoisotopic (exact) mass is 397 g/mol. The molecule has 1 aliphatic heterocycles. The minimum absolute atomic E-state index is 0.421. The van der Waals surface area contributed by atoms with Gasteiger partial charge < -0.3 is 4.74 Å². The molecule has 3 heterocycles. The molecule has 1 radical (unpaired) electrons. The second-order valence-corrected chi connectivity index (χ2v) is 7.45. The van der Waals surface area contributed by atoms with Crippen LogP contribution in [0.15, 0.2) is 90.2 Å². The van der Waals surface area contributed by atoms with Crippen molar-refractivity contribution in [1.82, 2.24) is 9.97 Å². The van der Waals surface area contributed by atoms with Gasteiger partial charge in [-0.1, -0.05) is 53.8 Å². The van der Waals surface area contributed by atoms with Crippen LogP contribution >= 0.6 is 11.3 Å². The first-order chi connectivity index (χ1) is 14.4. The molecule has 5 rings (SSSR count). The molecule has 5 nitrogen and oxygen atoms in total. The van der Waals surface area contributed by atoms with Crippen LogP contribution in [0, 0.1) is 6.54 Å². The van der Waals surface area contributed by atoms with E-state index >= 15 is 0 Å². The molecule has 4 aromatic rings. The Morgan fingerprint density at radius 2 is 1.79 bits per heavy atom. The van der Waals surface area contributed by atoms with Crippen LogP contribution in [0.3, 0.4) is 0 Å². The molecule has 0 aliphatic carbocycles. The van der Waals surface area contributed by atoms with E-state index in [0.717, 1.165) is 32.2 Å². The Labute approximate surface area is 172 Å². The van der Waals surface area contributed by atoms with Gasteiger partial charge in [-0.2, -0.15) is 0 Å². The first-order valence-corrected chi connectivity index (χ1v) is 10.0. The number of amidine groups is 1. The number of aliphatic imine (C=N–C) groups is 1. The molecular formula is C23H17N4OS. The van der Waals surface area contributed by atoms with Crippen molar-refractivity contribution in [2.75, 3.05) is 4.90 Å². The number of ether oxygens (including phenoxy) is 1. The lowest BCUT2D eigenvalue weighted by molar-refractivity contribution is 0.285. The molecule has 0 saturated heterocycles. The van der Waals surface area contributed by atoms with Crippen molar-refractivity contribution in [3.63, 3.8) is 0 Å². The quantitative estimate of drug-likeness (QED) is 0.461. The number of aromatic nitrogens is 2. The highest BCUT2D eigenvalue weighted by molar-refractivity contribution is 7.22. The van der Waals surface area contributed by atoms with Crippen LogP contribution in [0.1, 0.15) is 5.56 Å². The number of benzene rings is 2. The van der Waals surface area contributed by atoms with Gasteiger partial charge in [0.25, 0.3) is 6.02 Å². The number of hydrogen-bond acceptors (Lipinski definition) is 6. The molecule has 0 spiro atoms. The number of hydrogen-bond donors (Lipinski definition) is 0. The number of pyridine rings is 1. The summed E-state index contributed by atoms with van der Waals surface area (Å²) in [5.74, 6) is 0. The van der Waals surface area contributed by atoms with Gasteiger partial charge in [-0.05, 0) is 35.9 Å². The molecular weight excluding hydrogens is 380 g/mol. The largest absolute Gasteiger partial charge is 0.460 e. The van der Waals surface area contributed by atoms with Crippen molar-refractivity contribution in [3.8, 4) is 11.3 Å². The number of thiazole rings is 1. The molecule has 6 heteroatoms. The summed E-state index contributed by atoms with van der Waals surface area (Å²) >= 11 is 1.61. The Morgan fingerprint density at radius 1 is 0.931 bits per heavy atom. The fourth-order valence-electron chi connectivity index (χ4n) is 3.03. The Morgan fingerprint density at radius 3 is 2.62 bits per heavy atom. The number of anilines is 1. The van der Waals surface area contributed by atoms with Crippen molar-refractivity contribution in [1.29, 1.82) is 0 Å². The second kappa shape index (κ2) is 7.85. The molecule has 0 fully saturated rings. The molecule has 2 aromatic heterocycles. The van der Waals surface area contributed by atoms with Crippen LogP contribution in [-0.4, -0.2) is 16.0 Å². The van der Waals surface area contributed by atoms with Gasteiger partial charge in [-0.15, -0.1) is 0 Å². The molecule has 0 N–H and O–H groups in total. The molecule has 0 atom stereocenters. The fourth-order valence-corrected chi connectivity index (χ4v) is 3.97. The first-order valence-electron chi connectivity index (χ1n) is 9.22. The lowest BCUT2D eigenvalue weighted by Crippen LogP contribution is -2.31. The van der Waals surface area contributed by atoms with E-state index in [-0.39, 0.29) is 0 Å². The molecule has 141 valence electrons. The summed E-state index contributed by atoms with van der Waals surface area (Å²) in [6.07, 6.45) is 5.40. The van der Waals surface area contributed by atoms with E-state index < -0.39 is 0 Å². The highest BCUT2D eigenvalue weighted by Gasteiger charge is 2.20. The van der Waals surface area contributed by atoms with E-state index in [0.29, 0.717) is 12.6 Å². The van der Waals surface area contributed by atoms with E-state index in [9.17, 15) is 0 Å². The van der Waals surface area contributed by atoms with Crippen LogP contribution in [0.5, 0.6) is 0 Å². The lowest BCUT2D eigenvalue weighted by Gasteiger charge is -2.23. The van der Waals surface area contributed by atoms with Crippen molar-refractivity contribution < 1.29 is 4.74 Å². The standard InChI is InChI=1S/C23H17N4OS/c1-2-8-21-20(7-1)26-23(29-21)27-15-5-14-25-22(27)28-16-17-9-11-18(12-10-17)19-6-3-4-13-24-19/h1-15H,16H2. The van der Waals surface area contributed by atoms with E-state index in [2.05, 4.69) is 40.3 Å². The first kappa shape index (κ1) is 17.6. The summed E-state index contributed by atoms with van der Waals surface area (Å²) in [4.78, 5) is 15.4. The van der Waals surface area contributed by atoms with Crippen LogP contribution < -0.4 is 4.90 Å². The van der Waals surface area contributed by atoms with Crippen LogP contribution in [0.2, 0.25) is 0 Å². The van der Waals surface area contributed by atoms with Gasteiger partial charge in [-0.25, -0.2) is 9.98 Å². The minimum Gasteiger partial charge on any atom is -0.460 e. The van der Waals surface area contributed by atoms with Gasteiger partial charge in [-0.3, -0.25) is 9.88 Å². The Hall–Kier alpha value is -3.51. The summed E-state index contributed by atoms with van der Waals surface area (Å²) in [7, 11) is 0. The van der Waals surface area contributed by atoms with E-state index in [1.54, 1.807) is 23.7 Å². The lowest BCUT2D eigenvalue weighted by atomic mass is 10.1. The van der Waals surface area contributed by atoms with E-state index in [1.807, 2.05) is 53.9 Å². The molecule has 0 saturated carbocycles. The Bertz CT molecular complexity index is 1150. The van der Waals surface area contributed by atoms with E-state index in [4.69, 9.17) is 9.72 Å². The predicted octanol–water partition coefficient (Wildman–Crippen LogP) is 5.43. The van der Waals surface area contributed by atoms with Crippen molar-refractivity contribution in [2.24, 2.45) is 4.99 Å². The smallest absolute Gasteiger partial charge is 0.299 e. The number of rotatable bonds is 4. The van der Waals surface area contributed by atoms with Crippen LogP contribution in [0.25, 0.3) is 21.5 Å². The van der Waals surface area contributed by atoms with E-state index in [1.165, 1.54) is 0 Å². The third-order valence-corrected chi connectivity index (χ3v) is 5.52. The molecule has 0 unspecified atom stereocenters. The van der Waals surface area contributed by atoms with Gasteiger partial charge in [0.15, 0.2) is 5.13 Å². The van der Waals surface area contributed by atoms with Crippen LogP contribution in [0.4, 0.5) is 5.13 Å². The summed E-state index contributed by atoms with van der Waals surface area (Å²) in [5, 5.41) is 0.833. The maximum absolute atomic E-state index is 6.02. The van der Waals surface area contributed by atoms with Gasteiger partial charge in [0.1, 0.15) is 6.61 Å². The SMILES string of the molecule is [CH]1C=CN=C(OCc2ccc(-c3ccccn3)cc2)N1c1nc2ccccc2s1. The average Bonchev–Trinajstić information content (AvgIpc) is 3.23. The van der Waals surface area contributed by atoms with Gasteiger partial charge in [0.05, 0.1) is 22.5 Å². The van der Waals surface area contributed by atoms with Crippen molar-refractivity contribution in [2.45, 2.75) is 6.61 Å². The summed E-state index contributed by atoms with van der Waals surface area (Å²) in [6.45, 7) is 2.34. The number of nitrogens with zero attached hydrogens (tertiary/aromatic N) is 4. The minimum atomic E-state index is 0.421. The van der Waals surface area contributed by atoms with Crippen molar-refractivity contribution >= 4 is 32.7 Å². The highest BCUT2D eigenvalue weighted by atomic mass is 32.1. The van der Waals surface area contributed by atoms with Gasteiger partial charge in [0, 0.05) is 18.0 Å². The van der Waals surface area contributed by atoms with Gasteiger partial charge >= 0.3 is 0 Å². The highest BCUT2D eigenvalue weighted by Crippen LogP contribution is 2.30. The summed E-state index contributed by atoms with van der Waals surface area (Å²) in [6, 6.07) is 22.7. The zero-order chi connectivity index (χ0) is 19.5. The second-order valence-electron chi connectivity index (χ2n) is 6.44. The summed E-state index contributed by atoms with van der Waals surface area (Å²) < 4.78 is 7.16. The topological polar surface area (TPSA) is 50.6 Å². The normalized spacial score (nSPS) is 13.5. The third-order valence-electron chi connectivity index (χ3n) is 4.48. The number of para-hydroxylation sites is 1. The average molecular weight is 397 g/mol. The Balaban J connectivity index is 1.31. The fraction of sp³-hybridized carbons (Fsp3) is 0.0435. The number of fused-ring (bicyclic) bond motifs is 1. The predicted molar refractivity (Wildman–Crippen MR) is 117 cm³/mol. The van der Waals surface area contributed by atoms with Crippen molar-refractivity contribution in [3.05, 3.63) is 97.3 Å².